The molecule has 25 heavy (non-hydrogen) atoms. The summed E-state index contributed by atoms with van der Waals surface area (Å²) in [7, 11) is -1.56. The Balaban J connectivity index is 0.00000225. The maximum absolute atomic E-state index is 12.1. The molecule has 3 rings (SSSR count). The summed E-state index contributed by atoms with van der Waals surface area (Å²) in [5.74, 6) is 1.03. The van der Waals surface area contributed by atoms with Gasteiger partial charge in [-0.15, -0.1) is 12.4 Å². The fourth-order valence-corrected chi connectivity index (χ4v) is 3.48. The van der Waals surface area contributed by atoms with E-state index in [1.54, 1.807) is 6.07 Å². The van der Waals surface area contributed by atoms with Gasteiger partial charge >= 0.3 is 0 Å². The molecule has 1 fully saturated rings. The molecule has 1 unspecified atom stereocenters. The Morgan fingerprint density at radius 1 is 1.48 bits per heavy atom. The van der Waals surface area contributed by atoms with Crippen LogP contribution in [0.5, 0.6) is 0 Å². The molecule has 2 N–H and O–H groups in total. The van der Waals surface area contributed by atoms with Crippen LogP contribution in [0, 0.1) is 0 Å². The first kappa shape index (κ1) is 19.7. The van der Waals surface area contributed by atoms with Gasteiger partial charge in [-0.25, -0.2) is 13.1 Å². The molecule has 3 heterocycles. The summed E-state index contributed by atoms with van der Waals surface area (Å²) in [6.07, 6.45) is 3.16. The number of piperazine rings is 1. The van der Waals surface area contributed by atoms with Crippen molar-refractivity contribution in [1.82, 2.24) is 30.1 Å². The summed E-state index contributed by atoms with van der Waals surface area (Å²) >= 11 is 0. The van der Waals surface area contributed by atoms with Crippen molar-refractivity contribution < 1.29 is 12.9 Å². The number of nitrogens with one attached hydrogen (secondary N) is 2. The van der Waals surface area contributed by atoms with Gasteiger partial charge in [0.15, 0.2) is 5.82 Å². The SMILES string of the molecule is CN1CCNCC1c1noc(CCNS(=O)(=O)c2cccnc2)n1.Cl. The van der Waals surface area contributed by atoms with Crippen LogP contribution in [0.25, 0.3) is 0 Å². The van der Waals surface area contributed by atoms with E-state index in [0.29, 0.717) is 18.1 Å². The average Bonchev–Trinajstić information content (AvgIpc) is 3.04. The summed E-state index contributed by atoms with van der Waals surface area (Å²) in [4.78, 5) is 10.5. The van der Waals surface area contributed by atoms with E-state index in [1.807, 2.05) is 7.05 Å². The van der Waals surface area contributed by atoms with Crippen LogP contribution in [0.15, 0.2) is 33.9 Å². The van der Waals surface area contributed by atoms with Crippen molar-refractivity contribution in [2.24, 2.45) is 0 Å². The third-order valence-corrected chi connectivity index (χ3v) is 5.31. The molecule has 2 aromatic rings. The summed E-state index contributed by atoms with van der Waals surface area (Å²) in [6.45, 7) is 2.80. The van der Waals surface area contributed by atoms with E-state index < -0.39 is 10.0 Å². The van der Waals surface area contributed by atoms with Crippen LogP contribution in [-0.2, 0) is 16.4 Å². The second-order valence-electron chi connectivity index (χ2n) is 5.58. The first-order valence-electron chi connectivity index (χ1n) is 7.69. The first-order valence-corrected chi connectivity index (χ1v) is 9.18. The number of sulfonamides is 1. The van der Waals surface area contributed by atoms with Crippen LogP contribution < -0.4 is 10.0 Å². The van der Waals surface area contributed by atoms with Crippen LogP contribution in [0.4, 0.5) is 0 Å². The third kappa shape index (κ3) is 4.95. The summed E-state index contributed by atoms with van der Waals surface area (Å²) in [5, 5.41) is 7.30. The van der Waals surface area contributed by atoms with Crippen molar-refractivity contribution in [2.45, 2.75) is 17.4 Å². The molecule has 11 heteroatoms. The molecule has 138 valence electrons. The second-order valence-corrected chi connectivity index (χ2v) is 7.35. The van der Waals surface area contributed by atoms with E-state index in [9.17, 15) is 8.42 Å². The lowest BCUT2D eigenvalue weighted by molar-refractivity contribution is 0.190. The van der Waals surface area contributed by atoms with Gasteiger partial charge < -0.3 is 9.84 Å². The molecule has 1 aliphatic rings. The number of hydrogen-bond acceptors (Lipinski definition) is 8. The van der Waals surface area contributed by atoms with Gasteiger partial charge in [-0.1, -0.05) is 5.16 Å². The quantitative estimate of drug-likeness (QED) is 0.710. The molecule has 0 amide bonds. The number of hydrogen-bond donors (Lipinski definition) is 2. The molecular formula is C14H21ClN6O3S. The van der Waals surface area contributed by atoms with Crippen LogP contribution in [-0.4, -0.2) is 61.7 Å². The largest absolute Gasteiger partial charge is 0.339 e. The van der Waals surface area contributed by atoms with Gasteiger partial charge in [0.05, 0.1) is 6.04 Å². The van der Waals surface area contributed by atoms with E-state index in [1.165, 1.54) is 18.5 Å². The first-order chi connectivity index (χ1) is 11.6. The number of rotatable bonds is 6. The third-order valence-electron chi connectivity index (χ3n) is 3.87. The molecule has 0 aromatic carbocycles. The molecule has 0 radical (unpaired) electrons. The van der Waals surface area contributed by atoms with Crippen LogP contribution in [0.2, 0.25) is 0 Å². The van der Waals surface area contributed by atoms with Crippen LogP contribution >= 0.6 is 12.4 Å². The summed E-state index contributed by atoms with van der Waals surface area (Å²) < 4.78 is 31.9. The Morgan fingerprint density at radius 2 is 2.32 bits per heavy atom. The monoisotopic (exact) mass is 388 g/mol. The minimum atomic E-state index is -3.57. The molecular weight excluding hydrogens is 368 g/mol. The molecule has 1 aliphatic heterocycles. The van der Waals surface area contributed by atoms with Gasteiger partial charge in [-0.05, 0) is 19.2 Å². The maximum atomic E-state index is 12.1. The second kappa shape index (κ2) is 8.68. The van der Waals surface area contributed by atoms with Gasteiger partial charge in [-0.3, -0.25) is 9.88 Å². The highest BCUT2D eigenvalue weighted by Gasteiger charge is 2.25. The molecule has 9 nitrogen and oxygen atoms in total. The number of nitrogens with zero attached hydrogens (tertiary/aromatic N) is 4. The number of aromatic nitrogens is 3. The Morgan fingerprint density at radius 3 is 3.04 bits per heavy atom. The van der Waals surface area contributed by atoms with Crippen molar-refractivity contribution in [2.75, 3.05) is 33.2 Å². The standard InChI is InChI=1S/C14H20N6O3S.ClH/c1-20-8-7-16-10-12(20)14-18-13(23-19-14)4-6-17-24(21,22)11-3-2-5-15-9-11;/h2-3,5,9,12,16-17H,4,6-8,10H2,1H3;1H. The Labute approximate surface area is 152 Å². The van der Waals surface area contributed by atoms with E-state index in [4.69, 9.17) is 4.52 Å². The van der Waals surface area contributed by atoms with Crippen molar-refractivity contribution >= 4 is 22.4 Å². The Hall–Kier alpha value is -1.59. The zero-order chi connectivity index (χ0) is 17.0. The Kier molecular flexibility index (Phi) is 6.85. The zero-order valence-corrected chi connectivity index (χ0v) is 15.4. The van der Waals surface area contributed by atoms with E-state index in [0.717, 1.165) is 19.6 Å². The van der Waals surface area contributed by atoms with Crippen molar-refractivity contribution in [3.63, 3.8) is 0 Å². The van der Waals surface area contributed by atoms with Crippen molar-refractivity contribution in [3.05, 3.63) is 36.2 Å². The lowest BCUT2D eigenvalue weighted by atomic mass is 10.2. The predicted octanol–water partition coefficient (Wildman–Crippen LogP) is -0.0165. The highest BCUT2D eigenvalue weighted by atomic mass is 35.5. The van der Waals surface area contributed by atoms with Gasteiger partial charge in [0.1, 0.15) is 4.90 Å². The normalized spacial score (nSPS) is 18.7. The zero-order valence-electron chi connectivity index (χ0n) is 13.8. The fourth-order valence-electron chi connectivity index (χ4n) is 2.48. The molecule has 0 spiro atoms. The van der Waals surface area contributed by atoms with Gasteiger partial charge in [-0.2, -0.15) is 4.98 Å². The summed E-state index contributed by atoms with van der Waals surface area (Å²) in [6, 6.07) is 3.14. The van der Waals surface area contributed by atoms with E-state index >= 15 is 0 Å². The van der Waals surface area contributed by atoms with Crippen molar-refractivity contribution in [3.8, 4) is 0 Å². The maximum Gasteiger partial charge on any atom is 0.242 e. The smallest absolute Gasteiger partial charge is 0.242 e. The fraction of sp³-hybridized carbons (Fsp3) is 0.500. The van der Waals surface area contributed by atoms with E-state index in [-0.39, 0.29) is 29.9 Å². The van der Waals surface area contributed by atoms with Crippen LogP contribution in [0.1, 0.15) is 17.8 Å². The number of pyridine rings is 1. The van der Waals surface area contributed by atoms with Gasteiger partial charge in [0.2, 0.25) is 15.9 Å². The van der Waals surface area contributed by atoms with Crippen LogP contribution in [0.3, 0.4) is 0 Å². The van der Waals surface area contributed by atoms with E-state index in [2.05, 4.69) is 30.1 Å². The lowest BCUT2D eigenvalue weighted by Crippen LogP contribution is -2.44. The van der Waals surface area contributed by atoms with Crippen molar-refractivity contribution in [1.29, 1.82) is 0 Å². The highest BCUT2D eigenvalue weighted by Crippen LogP contribution is 2.17. The lowest BCUT2D eigenvalue weighted by Gasteiger charge is -2.30. The highest BCUT2D eigenvalue weighted by molar-refractivity contribution is 7.89. The Bertz CT molecular complexity index is 770. The molecule has 1 saturated heterocycles. The molecule has 0 aliphatic carbocycles. The predicted molar refractivity (Wildman–Crippen MR) is 92.9 cm³/mol. The molecule has 0 bridgehead atoms. The average molecular weight is 389 g/mol. The summed E-state index contributed by atoms with van der Waals surface area (Å²) in [5.41, 5.74) is 0. The minimum absolute atomic E-state index is 0. The minimum Gasteiger partial charge on any atom is -0.339 e. The topological polar surface area (TPSA) is 113 Å². The number of likely N-dealkylation sites (N-methyl/N-ethyl adjacent to an activating group) is 1. The molecule has 2 aromatic heterocycles. The number of halogens is 1. The van der Waals surface area contributed by atoms with Gasteiger partial charge in [0.25, 0.3) is 0 Å². The molecule has 1 atom stereocenters. The van der Waals surface area contributed by atoms with Gasteiger partial charge in [0, 0.05) is 45.0 Å². The molecule has 0 saturated carbocycles.